The molecule has 2 rings (SSSR count). The van der Waals surface area contributed by atoms with Gasteiger partial charge in [0.2, 0.25) is 0 Å². The summed E-state index contributed by atoms with van der Waals surface area (Å²) in [5.74, 6) is 0.861. The number of hydrogen-bond donors (Lipinski definition) is 0. The van der Waals surface area contributed by atoms with Crippen molar-refractivity contribution in [3.05, 3.63) is 30.6 Å². The minimum Gasteiger partial charge on any atom is -0.494 e. The Hall–Kier alpha value is -1.64. The minimum absolute atomic E-state index is 0.742. The van der Waals surface area contributed by atoms with Gasteiger partial charge in [0.1, 0.15) is 5.75 Å². The average Bonchev–Trinajstić information content (AvgIpc) is 2.26. The van der Waals surface area contributed by atoms with E-state index in [1.165, 1.54) is 0 Å². The highest BCUT2D eigenvalue weighted by Crippen LogP contribution is 2.16. The van der Waals surface area contributed by atoms with E-state index in [9.17, 15) is 0 Å². The summed E-state index contributed by atoms with van der Waals surface area (Å²) in [6.45, 7) is 2.83. The van der Waals surface area contributed by atoms with Crippen LogP contribution in [0.4, 0.5) is 0 Å². The van der Waals surface area contributed by atoms with Gasteiger partial charge in [0, 0.05) is 18.5 Å². The summed E-state index contributed by atoms with van der Waals surface area (Å²) in [6.07, 6.45) is 4.39. The second-order valence-electron chi connectivity index (χ2n) is 3.06. The first-order chi connectivity index (χ1) is 6.90. The SMILES string of the molecule is CCCOc1ccc2nccnc2c1. The van der Waals surface area contributed by atoms with Crippen LogP contribution in [0.15, 0.2) is 30.6 Å². The fraction of sp³-hybridized carbons (Fsp3) is 0.273. The summed E-state index contributed by atoms with van der Waals surface area (Å²) in [6, 6.07) is 5.76. The van der Waals surface area contributed by atoms with Crippen LogP contribution >= 0.6 is 0 Å². The van der Waals surface area contributed by atoms with E-state index in [0.717, 1.165) is 29.8 Å². The van der Waals surface area contributed by atoms with Crippen molar-refractivity contribution in [2.45, 2.75) is 13.3 Å². The normalized spacial score (nSPS) is 10.4. The molecule has 1 heterocycles. The van der Waals surface area contributed by atoms with E-state index in [1.54, 1.807) is 12.4 Å². The molecule has 3 nitrogen and oxygen atoms in total. The predicted molar refractivity (Wildman–Crippen MR) is 55.3 cm³/mol. The molecule has 0 amide bonds. The third-order valence-electron chi connectivity index (χ3n) is 1.91. The van der Waals surface area contributed by atoms with Gasteiger partial charge in [-0.15, -0.1) is 0 Å². The molecule has 0 radical (unpaired) electrons. The largest absolute Gasteiger partial charge is 0.494 e. The Labute approximate surface area is 82.8 Å². The van der Waals surface area contributed by atoms with Crippen molar-refractivity contribution < 1.29 is 4.74 Å². The molecular formula is C11H12N2O. The number of benzene rings is 1. The lowest BCUT2D eigenvalue weighted by Crippen LogP contribution is -1.95. The molecule has 0 fully saturated rings. The quantitative estimate of drug-likeness (QED) is 0.742. The van der Waals surface area contributed by atoms with Crippen molar-refractivity contribution in [1.29, 1.82) is 0 Å². The third kappa shape index (κ3) is 1.82. The number of ether oxygens (including phenoxy) is 1. The molecule has 0 atom stereocenters. The first kappa shape index (κ1) is 8.94. The molecule has 1 aromatic carbocycles. The van der Waals surface area contributed by atoms with Gasteiger partial charge in [0.15, 0.2) is 0 Å². The van der Waals surface area contributed by atoms with Gasteiger partial charge in [-0.25, -0.2) is 0 Å². The highest BCUT2D eigenvalue weighted by Gasteiger charge is 1.97. The van der Waals surface area contributed by atoms with E-state index in [2.05, 4.69) is 16.9 Å². The van der Waals surface area contributed by atoms with Crippen LogP contribution < -0.4 is 4.74 Å². The van der Waals surface area contributed by atoms with E-state index in [4.69, 9.17) is 4.74 Å². The summed E-state index contributed by atoms with van der Waals surface area (Å²) >= 11 is 0. The minimum atomic E-state index is 0.742. The Kier molecular flexibility index (Phi) is 2.58. The molecule has 14 heavy (non-hydrogen) atoms. The molecule has 0 aliphatic carbocycles. The van der Waals surface area contributed by atoms with E-state index in [0.29, 0.717) is 0 Å². The smallest absolute Gasteiger partial charge is 0.121 e. The maximum Gasteiger partial charge on any atom is 0.121 e. The summed E-state index contributed by atoms with van der Waals surface area (Å²) in [4.78, 5) is 8.39. The molecule has 3 heteroatoms. The summed E-state index contributed by atoms with van der Waals surface area (Å²) in [5, 5.41) is 0. The number of fused-ring (bicyclic) bond motifs is 1. The van der Waals surface area contributed by atoms with Crippen LogP contribution in [0, 0.1) is 0 Å². The van der Waals surface area contributed by atoms with Crippen molar-refractivity contribution >= 4 is 11.0 Å². The molecule has 0 saturated heterocycles. The number of aromatic nitrogens is 2. The van der Waals surface area contributed by atoms with Crippen LogP contribution in [-0.2, 0) is 0 Å². The zero-order valence-corrected chi connectivity index (χ0v) is 8.10. The molecular weight excluding hydrogens is 176 g/mol. The molecule has 0 saturated carbocycles. The maximum atomic E-state index is 5.50. The summed E-state index contributed by atoms with van der Waals surface area (Å²) in [5.41, 5.74) is 1.78. The van der Waals surface area contributed by atoms with Crippen LogP contribution in [-0.4, -0.2) is 16.6 Å². The highest BCUT2D eigenvalue weighted by molar-refractivity contribution is 5.75. The maximum absolute atomic E-state index is 5.50. The Morgan fingerprint density at radius 3 is 2.71 bits per heavy atom. The molecule has 0 unspecified atom stereocenters. The van der Waals surface area contributed by atoms with Gasteiger partial charge in [-0.05, 0) is 18.6 Å². The van der Waals surface area contributed by atoms with E-state index < -0.39 is 0 Å². The fourth-order valence-electron chi connectivity index (χ4n) is 1.25. The third-order valence-corrected chi connectivity index (χ3v) is 1.91. The van der Waals surface area contributed by atoms with Gasteiger partial charge in [-0.1, -0.05) is 6.92 Å². The summed E-state index contributed by atoms with van der Waals surface area (Å²) < 4.78 is 5.50. The molecule has 72 valence electrons. The van der Waals surface area contributed by atoms with Crippen molar-refractivity contribution in [2.24, 2.45) is 0 Å². The molecule has 0 bridgehead atoms. The van der Waals surface area contributed by atoms with Crippen molar-refractivity contribution in [1.82, 2.24) is 9.97 Å². The Morgan fingerprint density at radius 1 is 1.14 bits per heavy atom. The van der Waals surface area contributed by atoms with Crippen LogP contribution in [0.2, 0.25) is 0 Å². The topological polar surface area (TPSA) is 35.0 Å². The monoisotopic (exact) mass is 188 g/mol. The zero-order chi connectivity index (χ0) is 9.80. The molecule has 0 spiro atoms. The van der Waals surface area contributed by atoms with E-state index in [1.807, 2.05) is 18.2 Å². The van der Waals surface area contributed by atoms with Crippen molar-refractivity contribution in [3.8, 4) is 5.75 Å². The van der Waals surface area contributed by atoms with Crippen LogP contribution in [0.3, 0.4) is 0 Å². The Balaban J connectivity index is 2.32. The molecule has 0 aliphatic rings. The van der Waals surface area contributed by atoms with Crippen LogP contribution in [0.5, 0.6) is 5.75 Å². The van der Waals surface area contributed by atoms with E-state index in [-0.39, 0.29) is 0 Å². The van der Waals surface area contributed by atoms with Gasteiger partial charge in [0.25, 0.3) is 0 Å². The standard InChI is InChI=1S/C11H12N2O/c1-2-7-14-9-3-4-10-11(8-9)13-6-5-12-10/h3-6,8H,2,7H2,1H3. The predicted octanol–water partition coefficient (Wildman–Crippen LogP) is 2.42. The lowest BCUT2D eigenvalue weighted by atomic mass is 10.3. The highest BCUT2D eigenvalue weighted by atomic mass is 16.5. The molecule has 0 aliphatic heterocycles. The average molecular weight is 188 g/mol. The molecule has 0 N–H and O–H groups in total. The molecule has 1 aromatic heterocycles. The van der Waals surface area contributed by atoms with Gasteiger partial charge in [-0.2, -0.15) is 0 Å². The Bertz CT molecular complexity index is 428. The van der Waals surface area contributed by atoms with Gasteiger partial charge in [-0.3, -0.25) is 9.97 Å². The number of nitrogens with zero attached hydrogens (tertiary/aromatic N) is 2. The van der Waals surface area contributed by atoms with Gasteiger partial charge >= 0.3 is 0 Å². The van der Waals surface area contributed by atoms with Crippen LogP contribution in [0.25, 0.3) is 11.0 Å². The first-order valence-electron chi connectivity index (χ1n) is 4.73. The second kappa shape index (κ2) is 4.05. The summed E-state index contributed by atoms with van der Waals surface area (Å²) in [7, 11) is 0. The lowest BCUT2D eigenvalue weighted by molar-refractivity contribution is 0.318. The van der Waals surface area contributed by atoms with Gasteiger partial charge < -0.3 is 4.74 Å². The lowest BCUT2D eigenvalue weighted by Gasteiger charge is -2.04. The Morgan fingerprint density at radius 2 is 1.93 bits per heavy atom. The number of rotatable bonds is 3. The first-order valence-corrected chi connectivity index (χ1v) is 4.73. The van der Waals surface area contributed by atoms with Crippen molar-refractivity contribution in [2.75, 3.05) is 6.61 Å². The van der Waals surface area contributed by atoms with Crippen molar-refractivity contribution in [3.63, 3.8) is 0 Å². The van der Waals surface area contributed by atoms with E-state index >= 15 is 0 Å². The fourth-order valence-corrected chi connectivity index (χ4v) is 1.25. The zero-order valence-electron chi connectivity index (χ0n) is 8.10. The number of hydrogen-bond acceptors (Lipinski definition) is 3. The van der Waals surface area contributed by atoms with Crippen LogP contribution in [0.1, 0.15) is 13.3 Å². The van der Waals surface area contributed by atoms with Gasteiger partial charge in [0.05, 0.1) is 17.6 Å². The molecule has 2 aromatic rings. The second-order valence-corrected chi connectivity index (χ2v) is 3.06.